The van der Waals surface area contributed by atoms with Gasteiger partial charge in [0, 0.05) is 36.9 Å². The van der Waals surface area contributed by atoms with E-state index in [1.165, 1.54) is 13.2 Å². The van der Waals surface area contributed by atoms with E-state index in [-0.39, 0.29) is 24.1 Å². The van der Waals surface area contributed by atoms with E-state index in [0.29, 0.717) is 36.7 Å². The minimum atomic E-state index is -0.465. The lowest BCUT2D eigenvalue weighted by Crippen LogP contribution is -2.33. The molecule has 3 heterocycles. The Labute approximate surface area is 244 Å². The van der Waals surface area contributed by atoms with Crippen molar-refractivity contribution >= 4 is 17.0 Å². The highest BCUT2D eigenvalue weighted by molar-refractivity contribution is 5.95. The Balaban J connectivity index is 1.25. The molecular formula is C32H34FN5O4. The Morgan fingerprint density at radius 3 is 2.64 bits per heavy atom. The Morgan fingerprint density at radius 1 is 1.12 bits per heavy atom. The molecule has 0 N–H and O–H groups in total. The number of likely N-dealkylation sites (tertiary alicyclic amines) is 1. The minimum absolute atomic E-state index is 0.0388. The zero-order chi connectivity index (χ0) is 29.6. The van der Waals surface area contributed by atoms with E-state index in [1.807, 2.05) is 37.3 Å². The number of aryl methyl sites for hydroxylation is 1. The number of halogens is 1. The predicted molar refractivity (Wildman–Crippen MR) is 155 cm³/mol. The maximum atomic E-state index is 14.2. The van der Waals surface area contributed by atoms with Crippen LogP contribution in [0.1, 0.15) is 57.3 Å². The molecule has 1 fully saturated rings. The van der Waals surface area contributed by atoms with Gasteiger partial charge in [-0.3, -0.25) is 4.90 Å². The highest BCUT2D eigenvalue weighted by Gasteiger charge is 2.24. The summed E-state index contributed by atoms with van der Waals surface area (Å²) in [4.78, 5) is 24.3. The van der Waals surface area contributed by atoms with E-state index in [1.54, 1.807) is 25.3 Å². The molecule has 10 heteroatoms. The lowest BCUT2D eigenvalue weighted by molar-refractivity contribution is 0.0600. The molecule has 1 aliphatic rings. The van der Waals surface area contributed by atoms with Crippen LogP contribution in [0.5, 0.6) is 5.88 Å². The van der Waals surface area contributed by atoms with Crippen molar-refractivity contribution in [1.82, 2.24) is 19.4 Å². The van der Waals surface area contributed by atoms with Gasteiger partial charge >= 0.3 is 5.97 Å². The van der Waals surface area contributed by atoms with Crippen LogP contribution in [0.25, 0.3) is 11.0 Å². The van der Waals surface area contributed by atoms with E-state index >= 15 is 0 Å². The summed E-state index contributed by atoms with van der Waals surface area (Å²) in [5.41, 5.74) is 4.84. The van der Waals surface area contributed by atoms with Gasteiger partial charge in [-0.05, 0) is 68.8 Å². The third kappa shape index (κ3) is 6.43. The molecule has 0 atom stereocenters. The van der Waals surface area contributed by atoms with Crippen LogP contribution in [0.3, 0.4) is 0 Å². The van der Waals surface area contributed by atoms with E-state index in [0.717, 1.165) is 54.0 Å². The van der Waals surface area contributed by atoms with Crippen molar-refractivity contribution in [2.45, 2.75) is 45.4 Å². The van der Waals surface area contributed by atoms with E-state index in [4.69, 9.17) is 29.4 Å². The van der Waals surface area contributed by atoms with Crippen molar-refractivity contribution < 1.29 is 23.4 Å². The number of fused-ring (bicyclic) bond motifs is 1. The average Bonchev–Trinajstić information content (AvgIpc) is 3.36. The van der Waals surface area contributed by atoms with Crippen LogP contribution in [-0.4, -0.2) is 59.3 Å². The first kappa shape index (κ1) is 29.2. The molecule has 0 radical (unpaired) electrons. The Morgan fingerprint density at radius 2 is 1.93 bits per heavy atom. The van der Waals surface area contributed by atoms with Crippen molar-refractivity contribution in [1.29, 1.82) is 5.26 Å². The molecule has 5 rings (SSSR count). The van der Waals surface area contributed by atoms with Crippen LogP contribution in [0.15, 0.2) is 48.5 Å². The number of nitrogens with zero attached hydrogens (tertiary/aromatic N) is 5. The monoisotopic (exact) mass is 571 g/mol. The van der Waals surface area contributed by atoms with Crippen LogP contribution in [0.2, 0.25) is 0 Å². The number of carbonyl (C=O) groups is 1. The summed E-state index contributed by atoms with van der Waals surface area (Å²) < 4.78 is 32.5. The van der Waals surface area contributed by atoms with Gasteiger partial charge < -0.3 is 18.8 Å². The SMILES string of the molecule is COCCn1c(CN2CCC(c3cccc(OCc4ccc(C#N)cc4F)n3)CC2)nc2c(C)cc(C(=O)OC)cc21. The lowest BCUT2D eigenvalue weighted by atomic mass is 9.93. The van der Waals surface area contributed by atoms with Gasteiger partial charge in [0.05, 0.1) is 48.5 Å². The predicted octanol–water partition coefficient (Wildman–Crippen LogP) is 5.14. The molecule has 0 amide bonds. The number of hydrogen-bond acceptors (Lipinski definition) is 8. The van der Waals surface area contributed by atoms with Crippen LogP contribution in [-0.2, 0) is 29.2 Å². The van der Waals surface area contributed by atoms with Gasteiger partial charge in [0.25, 0.3) is 0 Å². The van der Waals surface area contributed by atoms with Crippen LogP contribution in [0, 0.1) is 24.1 Å². The molecule has 0 unspecified atom stereocenters. The first-order chi connectivity index (χ1) is 20.4. The zero-order valence-corrected chi connectivity index (χ0v) is 24.1. The number of piperidine rings is 1. The number of ether oxygens (including phenoxy) is 3. The van der Waals surface area contributed by atoms with Crippen molar-refractivity contribution in [3.63, 3.8) is 0 Å². The van der Waals surface area contributed by atoms with Crippen molar-refractivity contribution in [2.24, 2.45) is 0 Å². The summed E-state index contributed by atoms with van der Waals surface area (Å²) in [6.45, 7) is 5.61. The highest BCUT2D eigenvalue weighted by Crippen LogP contribution is 2.30. The molecule has 2 aromatic carbocycles. The molecule has 0 spiro atoms. The van der Waals surface area contributed by atoms with Crippen LogP contribution >= 0.6 is 0 Å². The normalized spacial score (nSPS) is 14.2. The van der Waals surface area contributed by atoms with Gasteiger partial charge in [-0.15, -0.1) is 0 Å². The Bertz CT molecular complexity index is 1620. The number of pyridine rings is 1. The zero-order valence-electron chi connectivity index (χ0n) is 24.1. The second-order valence-corrected chi connectivity index (χ2v) is 10.5. The molecule has 42 heavy (non-hydrogen) atoms. The number of aromatic nitrogens is 3. The summed E-state index contributed by atoms with van der Waals surface area (Å²) >= 11 is 0. The lowest BCUT2D eigenvalue weighted by Gasteiger charge is -2.31. The standard InChI is InChI=1S/C32H34FN5O4/c1-21-15-25(32(39)41-3)17-28-31(21)36-29(38(28)13-14-40-2)19-37-11-9-23(10-12-37)27-5-4-6-30(35-27)42-20-24-8-7-22(18-34)16-26(24)33/h4-8,15-17,23H,9-14,19-20H2,1-3H3. The molecule has 9 nitrogen and oxygen atoms in total. The topological polar surface area (TPSA) is 103 Å². The first-order valence-corrected chi connectivity index (χ1v) is 14.0. The number of methoxy groups -OCH3 is 2. The van der Waals surface area contributed by atoms with Crippen LogP contribution in [0.4, 0.5) is 4.39 Å². The number of carbonyl (C=O) groups excluding carboxylic acids is 1. The smallest absolute Gasteiger partial charge is 0.337 e. The molecule has 1 aliphatic heterocycles. The molecule has 1 saturated heterocycles. The number of benzene rings is 2. The van der Waals surface area contributed by atoms with Gasteiger partial charge in [0.15, 0.2) is 0 Å². The van der Waals surface area contributed by atoms with Gasteiger partial charge in [-0.25, -0.2) is 19.2 Å². The maximum Gasteiger partial charge on any atom is 0.337 e. The number of nitriles is 1. The molecule has 218 valence electrons. The Hall–Kier alpha value is -4.33. The second-order valence-electron chi connectivity index (χ2n) is 10.5. The van der Waals surface area contributed by atoms with Crippen molar-refractivity contribution in [3.05, 3.63) is 88.1 Å². The second kappa shape index (κ2) is 13.1. The van der Waals surface area contributed by atoms with E-state index in [2.05, 4.69) is 9.47 Å². The molecule has 2 aromatic heterocycles. The third-order valence-electron chi connectivity index (χ3n) is 7.74. The fourth-order valence-corrected chi connectivity index (χ4v) is 5.44. The van der Waals surface area contributed by atoms with Gasteiger partial charge in [-0.1, -0.05) is 12.1 Å². The summed E-state index contributed by atoms with van der Waals surface area (Å²) in [5, 5.41) is 8.94. The summed E-state index contributed by atoms with van der Waals surface area (Å²) in [6.07, 6.45) is 1.87. The molecule has 0 saturated carbocycles. The van der Waals surface area contributed by atoms with Gasteiger partial charge in [-0.2, -0.15) is 5.26 Å². The largest absolute Gasteiger partial charge is 0.473 e. The molecule has 4 aromatic rings. The van der Waals surface area contributed by atoms with E-state index in [9.17, 15) is 9.18 Å². The highest BCUT2D eigenvalue weighted by atomic mass is 19.1. The Kier molecular flexibility index (Phi) is 9.10. The van der Waals surface area contributed by atoms with Crippen molar-refractivity contribution in [2.75, 3.05) is 33.9 Å². The molecular weight excluding hydrogens is 537 g/mol. The van der Waals surface area contributed by atoms with Gasteiger partial charge in [0.1, 0.15) is 18.2 Å². The molecule has 0 aliphatic carbocycles. The quantitative estimate of drug-likeness (QED) is 0.241. The first-order valence-electron chi connectivity index (χ1n) is 14.0. The van der Waals surface area contributed by atoms with Crippen molar-refractivity contribution in [3.8, 4) is 11.9 Å². The summed E-state index contributed by atoms with van der Waals surface area (Å²) in [6, 6.07) is 15.7. The van der Waals surface area contributed by atoms with E-state index < -0.39 is 5.82 Å². The summed E-state index contributed by atoms with van der Waals surface area (Å²) in [7, 11) is 3.06. The third-order valence-corrected chi connectivity index (χ3v) is 7.74. The van der Waals surface area contributed by atoms with Crippen LogP contribution < -0.4 is 4.74 Å². The fourth-order valence-electron chi connectivity index (χ4n) is 5.44. The molecule has 0 bridgehead atoms. The minimum Gasteiger partial charge on any atom is -0.473 e. The summed E-state index contributed by atoms with van der Waals surface area (Å²) in [5.74, 6) is 0.843. The number of hydrogen-bond donors (Lipinski definition) is 0. The average molecular weight is 572 g/mol. The fraction of sp³-hybridized carbons (Fsp3) is 0.375. The number of imidazole rings is 1. The number of esters is 1. The van der Waals surface area contributed by atoms with Gasteiger partial charge in [0.2, 0.25) is 5.88 Å². The number of rotatable bonds is 10. The maximum absolute atomic E-state index is 14.2.